The summed E-state index contributed by atoms with van der Waals surface area (Å²) in [5.41, 5.74) is 7.04. The number of nitrogens with two attached hydrogens (primary N) is 1. The van der Waals surface area contributed by atoms with Gasteiger partial charge in [-0.2, -0.15) is 0 Å². The molecule has 0 rings (SSSR count). The van der Waals surface area contributed by atoms with Crippen LogP contribution in [0.3, 0.4) is 0 Å². The molecule has 0 aliphatic rings. The summed E-state index contributed by atoms with van der Waals surface area (Å²) in [7, 11) is 0. The first-order valence-corrected chi connectivity index (χ1v) is 6.56. The van der Waals surface area contributed by atoms with Crippen molar-refractivity contribution in [3.05, 3.63) is 0 Å². The predicted molar refractivity (Wildman–Crippen MR) is 77.5 cm³/mol. The summed E-state index contributed by atoms with van der Waals surface area (Å²) < 4.78 is 0. The molecule has 102 valence electrons. The van der Waals surface area contributed by atoms with Gasteiger partial charge in [0.15, 0.2) is 0 Å². The lowest BCUT2D eigenvalue weighted by Crippen LogP contribution is -2.40. The molecule has 0 saturated heterocycles. The molecule has 0 fully saturated rings. The van der Waals surface area contributed by atoms with Crippen LogP contribution in [-0.4, -0.2) is 28.6 Å². The van der Waals surface area contributed by atoms with Crippen LogP contribution >= 0.6 is 25.3 Å². The monoisotopic (exact) mass is 281 g/mol. The van der Waals surface area contributed by atoms with Crippen molar-refractivity contribution in [1.29, 1.82) is 0 Å². The van der Waals surface area contributed by atoms with Gasteiger partial charge in [0.1, 0.15) is 0 Å². The molecule has 0 unspecified atom stereocenters. The lowest BCUT2D eigenvalue weighted by Gasteiger charge is -2.21. The number of rotatable bonds is 7. The van der Waals surface area contributed by atoms with Crippen LogP contribution in [0.1, 0.15) is 39.5 Å². The highest BCUT2D eigenvalue weighted by Gasteiger charge is 2.04. The SMILES string of the molecule is CCCCN(CCCC)NC(=O)S.NC(=O)S. The van der Waals surface area contributed by atoms with Crippen molar-refractivity contribution < 1.29 is 9.59 Å². The summed E-state index contributed by atoms with van der Waals surface area (Å²) in [5, 5.41) is 1.04. The highest BCUT2D eigenvalue weighted by atomic mass is 32.1. The molecule has 0 atom stereocenters. The topological polar surface area (TPSA) is 75.4 Å². The fourth-order valence-electron chi connectivity index (χ4n) is 1.06. The third-order valence-electron chi connectivity index (χ3n) is 1.82. The second kappa shape index (κ2) is 13.7. The van der Waals surface area contributed by atoms with Crippen LogP contribution < -0.4 is 11.2 Å². The molecule has 0 aliphatic heterocycles. The number of thiol groups is 2. The van der Waals surface area contributed by atoms with Crippen LogP contribution in [0, 0.1) is 0 Å². The van der Waals surface area contributed by atoms with E-state index in [0.29, 0.717) is 0 Å². The Labute approximate surface area is 114 Å². The van der Waals surface area contributed by atoms with E-state index >= 15 is 0 Å². The third kappa shape index (κ3) is 21.4. The highest BCUT2D eigenvalue weighted by Crippen LogP contribution is 1.96. The van der Waals surface area contributed by atoms with Gasteiger partial charge in [0.2, 0.25) is 0 Å². The number of primary amides is 1. The molecule has 0 aromatic heterocycles. The first-order valence-electron chi connectivity index (χ1n) is 5.66. The molecule has 0 heterocycles. The highest BCUT2D eigenvalue weighted by molar-refractivity contribution is 7.96. The van der Waals surface area contributed by atoms with Crippen molar-refractivity contribution in [1.82, 2.24) is 10.4 Å². The Morgan fingerprint density at radius 2 is 1.47 bits per heavy atom. The summed E-state index contributed by atoms with van der Waals surface area (Å²) >= 11 is 6.79. The minimum absolute atomic E-state index is 0.271. The molecule has 0 bridgehead atoms. The summed E-state index contributed by atoms with van der Waals surface area (Å²) in [6, 6.07) is 0. The summed E-state index contributed by atoms with van der Waals surface area (Å²) in [4.78, 5) is 19.8. The number of hydrogen-bond donors (Lipinski definition) is 4. The van der Waals surface area contributed by atoms with E-state index < -0.39 is 5.24 Å². The van der Waals surface area contributed by atoms with Crippen molar-refractivity contribution in [2.45, 2.75) is 39.5 Å². The molecule has 2 amide bonds. The Balaban J connectivity index is 0. The molecule has 5 nitrogen and oxygen atoms in total. The minimum Gasteiger partial charge on any atom is -0.361 e. The van der Waals surface area contributed by atoms with Crippen LogP contribution in [0.15, 0.2) is 0 Å². The van der Waals surface area contributed by atoms with E-state index in [2.05, 4.69) is 50.3 Å². The van der Waals surface area contributed by atoms with Crippen LogP contribution in [0.2, 0.25) is 0 Å². The Kier molecular flexibility index (Phi) is 15.2. The van der Waals surface area contributed by atoms with Crippen LogP contribution in [0.4, 0.5) is 9.59 Å². The zero-order valence-corrected chi connectivity index (χ0v) is 12.3. The number of unbranched alkanes of at least 4 members (excludes halogenated alkanes) is 2. The average Bonchev–Trinajstić information content (AvgIpc) is 2.20. The normalized spacial score (nSPS) is 9.47. The minimum atomic E-state index is -0.639. The number of hydrogen-bond acceptors (Lipinski definition) is 3. The van der Waals surface area contributed by atoms with Gasteiger partial charge < -0.3 is 5.73 Å². The Morgan fingerprint density at radius 3 is 1.71 bits per heavy atom. The number of nitrogens with one attached hydrogen (secondary N) is 1. The molecule has 0 saturated carbocycles. The van der Waals surface area contributed by atoms with Gasteiger partial charge in [0.25, 0.3) is 10.5 Å². The number of hydrazine groups is 1. The van der Waals surface area contributed by atoms with E-state index in [1.165, 1.54) is 0 Å². The van der Waals surface area contributed by atoms with E-state index in [0.717, 1.165) is 38.8 Å². The van der Waals surface area contributed by atoms with Gasteiger partial charge in [-0.1, -0.05) is 51.9 Å². The lowest BCUT2D eigenvalue weighted by atomic mass is 10.3. The number of carbonyl (C=O) groups is 2. The van der Waals surface area contributed by atoms with Crippen molar-refractivity contribution in [3.8, 4) is 0 Å². The van der Waals surface area contributed by atoms with Crippen molar-refractivity contribution in [2.24, 2.45) is 5.73 Å². The van der Waals surface area contributed by atoms with E-state index in [1.54, 1.807) is 0 Å². The van der Waals surface area contributed by atoms with Gasteiger partial charge in [-0.05, 0) is 12.8 Å². The van der Waals surface area contributed by atoms with Gasteiger partial charge in [0, 0.05) is 13.1 Å². The van der Waals surface area contributed by atoms with Crippen LogP contribution in [0.25, 0.3) is 0 Å². The standard InChI is InChI=1S/C9H20N2OS.CH3NOS/c1-3-5-7-11(8-6-4-2)10-9(12)13;2-1(3)4/h3-8H2,1-2H3,(H2,10,12,13);(H3,2,3,4). The fraction of sp³-hybridized carbons (Fsp3) is 0.800. The predicted octanol–water partition coefficient (Wildman–Crippen LogP) is 2.44. The van der Waals surface area contributed by atoms with Gasteiger partial charge in [-0.25, -0.2) is 5.01 Å². The third-order valence-corrected chi connectivity index (χ3v) is 1.92. The number of carbonyl (C=O) groups excluding carboxylic acids is 2. The van der Waals surface area contributed by atoms with Gasteiger partial charge >= 0.3 is 0 Å². The Morgan fingerprint density at radius 1 is 1.12 bits per heavy atom. The fourth-order valence-corrected chi connectivity index (χ4v) is 1.20. The Hall–Kier alpha value is -0.400. The van der Waals surface area contributed by atoms with Crippen LogP contribution in [0.5, 0.6) is 0 Å². The largest absolute Gasteiger partial charge is 0.361 e. The van der Waals surface area contributed by atoms with Crippen molar-refractivity contribution in [2.75, 3.05) is 13.1 Å². The van der Waals surface area contributed by atoms with E-state index in [1.807, 2.05) is 5.01 Å². The first-order chi connectivity index (χ1) is 7.93. The maximum atomic E-state index is 10.7. The van der Waals surface area contributed by atoms with E-state index in [-0.39, 0.29) is 5.24 Å². The van der Waals surface area contributed by atoms with Gasteiger partial charge in [0.05, 0.1) is 0 Å². The maximum Gasteiger partial charge on any atom is 0.290 e. The summed E-state index contributed by atoms with van der Waals surface area (Å²) in [6.07, 6.45) is 4.51. The molecule has 0 aliphatic carbocycles. The van der Waals surface area contributed by atoms with E-state index in [4.69, 9.17) is 4.79 Å². The second-order valence-corrected chi connectivity index (χ2v) is 4.30. The second-order valence-electron chi connectivity index (χ2n) is 3.45. The molecule has 3 N–H and O–H groups in total. The first kappa shape index (κ1) is 19.0. The molecule has 0 aromatic carbocycles. The average molecular weight is 281 g/mol. The molecule has 0 aromatic rings. The van der Waals surface area contributed by atoms with E-state index in [9.17, 15) is 4.79 Å². The zero-order chi connectivity index (χ0) is 13.7. The smallest absolute Gasteiger partial charge is 0.290 e. The number of nitrogens with zero attached hydrogens (tertiary/aromatic N) is 1. The molecule has 17 heavy (non-hydrogen) atoms. The number of amides is 2. The Bertz CT molecular complexity index is 204. The van der Waals surface area contributed by atoms with Crippen molar-refractivity contribution >= 4 is 35.7 Å². The van der Waals surface area contributed by atoms with Gasteiger partial charge in [-0.15, -0.1) is 0 Å². The van der Waals surface area contributed by atoms with Crippen molar-refractivity contribution in [3.63, 3.8) is 0 Å². The summed E-state index contributed by atoms with van der Waals surface area (Å²) in [6.45, 7) is 6.12. The van der Waals surface area contributed by atoms with Crippen LogP contribution in [-0.2, 0) is 0 Å². The van der Waals surface area contributed by atoms with Gasteiger partial charge in [-0.3, -0.25) is 15.0 Å². The molecular formula is C10H23N3O2S2. The molecule has 0 spiro atoms. The molecule has 0 radical (unpaired) electrons. The molecule has 7 heteroatoms. The zero-order valence-electron chi connectivity index (χ0n) is 10.5. The lowest BCUT2D eigenvalue weighted by molar-refractivity contribution is 0.189. The molecular weight excluding hydrogens is 258 g/mol. The summed E-state index contributed by atoms with van der Waals surface area (Å²) in [5.74, 6) is 0. The quantitative estimate of drug-likeness (QED) is 0.428. The maximum absolute atomic E-state index is 10.7.